The predicted octanol–water partition coefficient (Wildman–Crippen LogP) is 5.23. The smallest absolute Gasteiger partial charge is 0.272 e. The molecule has 132 valence electrons. The molecule has 0 N–H and O–H groups in total. The first-order valence-corrected chi connectivity index (χ1v) is 10.0. The molecule has 3 heterocycles. The Bertz CT molecular complexity index is 1010. The fraction of sp³-hybridized carbons (Fsp3) is 0.200. The molecule has 1 aliphatic rings. The fourth-order valence-electron chi connectivity index (χ4n) is 3.24. The normalized spacial score (nSPS) is 15.5. The number of fused-ring (bicyclic) bond motifs is 3. The lowest BCUT2D eigenvalue weighted by Crippen LogP contribution is -2.26. The second kappa shape index (κ2) is 6.85. The number of anilines is 2. The van der Waals surface area contributed by atoms with Crippen molar-refractivity contribution in [1.29, 1.82) is 0 Å². The van der Waals surface area contributed by atoms with Gasteiger partial charge in [-0.05, 0) is 48.7 Å². The first-order valence-electron chi connectivity index (χ1n) is 8.40. The number of benzene rings is 1. The first kappa shape index (κ1) is 17.2. The van der Waals surface area contributed by atoms with Crippen molar-refractivity contribution in [2.45, 2.75) is 12.8 Å². The van der Waals surface area contributed by atoms with Crippen LogP contribution < -0.4 is 9.80 Å². The average molecular weight is 428 g/mol. The molecule has 2 aromatic heterocycles. The number of carbonyl (C=O) groups excluding carboxylic acids is 1. The minimum absolute atomic E-state index is 0.00554. The Hall–Kier alpha value is -2.18. The number of aromatic nitrogens is 1. The summed E-state index contributed by atoms with van der Waals surface area (Å²) in [7, 11) is 4.05. The molecule has 6 heteroatoms. The molecule has 0 saturated heterocycles. The van der Waals surface area contributed by atoms with E-state index in [-0.39, 0.29) is 5.91 Å². The third kappa shape index (κ3) is 2.93. The van der Waals surface area contributed by atoms with Crippen LogP contribution in [-0.4, -0.2) is 25.0 Å². The number of hydrogen-bond acceptors (Lipinski definition) is 4. The highest BCUT2D eigenvalue weighted by atomic mass is 79.9. The van der Waals surface area contributed by atoms with E-state index in [2.05, 4.69) is 31.9 Å². The lowest BCUT2D eigenvalue weighted by atomic mass is 10.0. The molecule has 1 amide bonds. The van der Waals surface area contributed by atoms with Gasteiger partial charge in [0.1, 0.15) is 4.83 Å². The van der Waals surface area contributed by atoms with Crippen LogP contribution in [0.25, 0.3) is 10.2 Å². The lowest BCUT2D eigenvalue weighted by Gasteiger charge is -2.21. The van der Waals surface area contributed by atoms with Crippen molar-refractivity contribution >= 4 is 54.8 Å². The van der Waals surface area contributed by atoms with Crippen LogP contribution in [0.4, 0.5) is 11.4 Å². The molecule has 0 fully saturated rings. The van der Waals surface area contributed by atoms with E-state index in [0.29, 0.717) is 0 Å². The third-order valence-electron chi connectivity index (χ3n) is 4.48. The van der Waals surface area contributed by atoms with Gasteiger partial charge in [-0.3, -0.25) is 9.69 Å². The van der Waals surface area contributed by atoms with Crippen molar-refractivity contribution in [2.75, 3.05) is 23.9 Å². The lowest BCUT2D eigenvalue weighted by molar-refractivity contribution is 0.100. The molecular weight excluding hydrogens is 410 g/mol. The van der Waals surface area contributed by atoms with Crippen molar-refractivity contribution in [3.05, 3.63) is 63.7 Å². The average Bonchev–Trinajstić information content (AvgIpc) is 2.99. The number of aryl methyl sites for hydroxylation is 1. The molecule has 0 spiro atoms. The summed E-state index contributed by atoms with van der Waals surface area (Å²) in [5, 5.41) is 1.11. The maximum Gasteiger partial charge on any atom is 0.272 e. The van der Waals surface area contributed by atoms with Crippen LogP contribution in [-0.2, 0) is 6.42 Å². The van der Waals surface area contributed by atoms with E-state index in [1.54, 1.807) is 4.90 Å². The van der Waals surface area contributed by atoms with Gasteiger partial charge >= 0.3 is 0 Å². The molecule has 26 heavy (non-hydrogen) atoms. The van der Waals surface area contributed by atoms with Gasteiger partial charge in [0.15, 0.2) is 0 Å². The Balaban J connectivity index is 1.88. The van der Waals surface area contributed by atoms with Gasteiger partial charge in [0.05, 0.1) is 4.88 Å². The number of rotatable bonds is 2. The zero-order chi connectivity index (χ0) is 18.3. The number of nitrogens with zero attached hydrogens (tertiary/aromatic N) is 3. The number of pyridine rings is 1. The van der Waals surface area contributed by atoms with Crippen LogP contribution in [0.15, 0.2) is 53.3 Å². The summed E-state index contributed by atoms with van der Waals surface area (Å²) in [6, 6.07) is 9.81. The second-order valence-electron chi connectivity index (χ2n) is 6.39. The summed E-state index contributed by atoms with van der Waals surface area (Å²) in [5.41, 5.74) is 3.08. The molecule has 0 bridgehead atoms. The highest BCUT2D eigenvalue weighted by Gasteiger charge is 2.26. The summed E-state index contributed by atoms with van der Waals surface area (Å²) in [5.74, 6) is 0.00554. The molecule has 4 rings (SSSR count). The standard InChI is InChI=1S/C20H18BrN3OS/c1-23(2)16-10-11-22-19-17(16)15-5-3-4-12-24(20(25)18(15)26-19)14-8-6-13(21)7-9-14/h4,6-12H,3,5H2,1-2H3/b12-4-. The maximum atomic E-state index is 13.4. The zero-order valence-electron chi connectivity index (χ0n) is 14.6. The molecule has 1 aromatic carbocycles. The topological polar surface area (TPSA) is 36.4 Å². The Morgan fingerprint density at radius 3 is 2.69 bits per heavy atom. The van der Waals surface area contributed by atoms with Gasteiger partial charge in [-0.25, -0.2) is 4.98 Å². The van der Waals surface area contributed by atoms with Crippen molar-refractivity contribution in [2.24, 2.45) is 0 Å². The number of thiophene rings is 1. The van der Waals surface area contributed by atoms with Crippen molar-refractivity contribution < 1.29 is 4.79 Å². The van der Waals surface area contributed by atoms with Crippen molar-refractivity contribution in [3.63, 3.8) is 0 Å². The monoisotopic (exact) mass is 427 g/mol. The third-order valence-corrected chi connectivity index (χ3v) is 6.14. The van der Waals surface area contributed by atoms with Gasteiger partial charge in [0, 0.05) is 47.7 Å². The zero-order valence-corrected chi connectivity index (χ0v) is 17.0. The summed E-state index contributed by atoms with van der Waals surface area (Å²) >= 11 is 4.94. The number of carbonyl (C=O) groups is 1. The van der Waals surface area contributed by atoms with E-state index in [1.807, 2.05) is 56.8 Å². The van der Waals surface area contributed by atoms with Gasteiger partial charge in [-0.2, -0.15) is 0 Å². The molecular formula is C20H18BrN3OS. The highest BCUT2D eigenvalue weighted by molar-refractivity contribution is 9.10. The minimum atomic E-state index is 0.00554. The summed E-state index contributed by atoms with van der Waals surface area (Å²) < 4.78 is 0.993. The molecule has 0 radical (unpaired) electrons. The predicted molar refractivity (Wildman–Crippen MR) is 112 cm³/mol. The van der Waals surface area contributed by atoms with Crippen molar-refractivity contribution in [1.82, 2.24) is 4.98 Å². The summed E-state index contributed by atoms with van der Waals surface area (Å²) in [4.78, 5) is 23.4. The Morgan fingerprint density at radius 2 is 1.96 bits per heavy atom. The van der Waals surface area contributed by atoms with Crippen molar-refractivity contribution in [3.8, 4) is 0 Å². The van der Waals surface area contributed by atoms with Crippen LogP contribution in [0.5, 0.6) is 0 Å². The van der Waals surface area contributed by atoms with Crippen LogP contribution >= 0.6 is 27.3 Å². The Morgan fingerprint density at radius 1 is 1.19 bits per heavy atom. The molecule has 0 atom stereocenters. The number of halogens is 1. The van der Waals surface area contributed by atoms with Crippen LogP contribution in [0.1, 0.15) is 21.7 Å². The number of amides is 1. The molecule has 3 aromatic rings. The molecule has 4 nitrogen and oxygen atoms in total. The van der Waals surface area contributed by atoms with E-state index in [4.69, 9.17) is 0 Å². The highest BCUT2D eigenvalue weighted by Crippen LogP contribution is 2.38. The molecule has 0 aliphatic carbocycles. The van der Waals surface area contributed by atoms with Crippen LogP contribution in [0.2, 0.25) is 0 Å². The largest absolute Gasteiger partial charge is 0.377 e. The Labute approximate surface area is 164 Å². The fourth-order valence-corrected chi connectivity index (χ4v) is 4.65. The van der Waals surface area contributed by atoms with Gasteiger partial charge in [-0.15, -0.1) is 11.3 Å². The number of allylic oxidation sites excluding steroid dienone is 1. The molecule has 0 unspecified atom stereocenters. The van der Waals surface area contributed by atoms with E-state index < -0.39 is 0 Å². The van der Waals surface area contributed by atoms with Crippen LogP contribution in [0.3, 0.4) is 0 Å². The van der Waals surface area contributed by atoms with Gasteiger partial charge in [-0.1, -0.05) is 22.0 Å². The minimum Gasteiger partial charge on any atom is -0.377 e. The summed E-state index contributed by atoms with van der Waals surface area (Å²) in [6.45, 7) is 0. The van der Waals surface area contributed by atoms with Crippen LogP contribution in [0, 0.1) is 0 Å². The quantitative estimate of drug-likeness (QED) is 0.561. The SMILES string of the molecule is CN(C)c1ccnc2sc3c(c12)CC/C=C\N(c1ccc(Br)cc1)C3=O. The summed E-state index contributed by atoms with van der Waals surface area (Å²) in [6.07, 6.45) is 7.51. The van der Waals surface area contributed by atoms with Gasteiger partial charge in [0.25, 0.3) is 5.91 Å². The molecule has 0 saturated carbocycles. The second-order valence-corrected chi connectivity index (χ2v) is 8.30. The maximum absolute atomic E-state index is 13.4. The Kier molecular flexibility index (Phi) is 4.54. The van der Waals surface area contributed by atoms with E-state index in [9.17, 15) is 4.79 Å². The van der Waals surface area contributed by atoms with E-state index in [0.717, 1.165) is 49.3 Å². The number of hydrogen-bond donors (Lipinski definition) is 0. The van der Waals surface area contributed by atoms with Gasteiger partial charge in [0.2, 0.25) is 0 Å². The molecule has 1 aliphatic heterocycles. The van der Waals surface area contributed by atoms with E-state index in [1.165, 1.54) is 11.3 Å². The van der Waals surface area contributed by atoms with E-state index >= 15 is 0 Å². The van der Waals surface area contributed by atoms with Gasteiger partial charge < -0.3 is 4.90 Å². The first-order chi connectivity index (χ1) is 12.6.